The number of halogens is 1. The van der Waals surface area contributed by atoms with Gasteiger partial charge in [-0.2, -0.15) is 0 Å². The lowest BCUT2D eigenvalue weighted by atomic mass is 9.94. The fourth-order valence-electron chi connectivity index (χ4n) is 3.75. The van der Waals surface area contributed by atoms with Crippen LogP contribution >= 0.6 is 11.6 Å². The van der Waals surface area contributed by atoms with E-state index in [0.717, 1.165) is 5.56 Å². The van der Waals surface area contributed by atoms with Crippen molar-refractivity contribution >= 4 is 35.1 Å². The van der Waals surface area contributed by atoms with Gasteiger partial charge in [0.2, 0.25) is 17.7 Å². The van der Waals surface area contributed by atoms with Crippen molar-refractivity contribution in [3.05, 3.63) is 59.2 Å². The summed E-state index contributed by atoms with van der Waals surface area (Å²) in [5.74, 6) is 0.0401. The number of aromatic nitrogens is 1. The Bertz CT molecular complexity index is 926. The molecule has 1 saturated heterocycles. The van der Waals surface area contributed by atoms with Gasteiger partial charge in [0, 0.05) is 31.6 Å². The summed E-state index contributed by atoms with van der Waals surface area (Å²) in [5, 5.41) is 6.21. The molecule has 7 nitrogen and oxygen atoms in total. The van der Waals surface area contributed by atoms with Crippen LogP contribution in [0.25, 0.3) is 0 Å². The van der Waals surface area contributed by atoms with Gasteiger partial charge in [0.1, 0.15) is 11.9 Å². The van der Waals surface area contributed by atoms with E-state index >= 15 is 0 Å². The number of pyridine rings is 1. The van der Waals surface area contributed by atoms with Crippen molar-refractivity contribution in [3.63, 3.8) is 0 Å². The van der Waals surface area contributed by atoms with Gasteiger partial charge in [-0.15, -0.1) is 0 Å². The normalized spacial score (nSPS) is 15.3. The number of nitrogens with one attached hydrogen (secondary N) is 2. The Morgan fingerprint density at radius 1 is 1.09 bits per heavy atom. The number of carbonyl (C=O) groups excluding carboxylic acids is 3. The van der Waals surface area contributed by atoms with Crippen LogP contribution in [0.4, 0.5) is 5.82 Å². The molecule has 32 heavy (non-hydrogen) atoms. The van der Waals surface area contributed by atoms with Gasteiger partial charge in [0.25, 0.3) is 0 Å². The van der Waals surface area contributed by atoms with Crippen LogP contribution in [0.3, 0.4) is 0 Å². The molecule has 1 unspecified atom stereocenters. The molecule has 8 heteroatoms. The minimum atomic E-state index is -0.730. The summed E-state index contributed by atoms with van der Waals surface area (Å²) < 4.78 is 0. The highest BCUT2D eigenvalue weighted by Gasteiger charge is 2.32. The molecule has 3 rings (SSSR count). The lowest BCUT2D eigenvalue weighted by molar-refractivity contribution is -0.139. The van der Waals surface area contributed by atoms with E-state index in [2.05, 4.69) is 15.6 Å². The number of amides is 3. The third-order valence-electron chi connectivity index (χ3n) is 5.43. The van der Waals surface area contributed by atoms with Crippen LogP contribution in [-0.4, -0.2) is 40.7 Å². The summed E-state index contributed by atoms with van der Waals surface area (Å²) in [6, 6.07) is 11.9. The summed E-state index contributed by atoms with van der Waals surface area (Å²) in [4.78, 5) is 44.1. The Balaban J connectivity index is 1.61. The molecule has 2 heterocycles. The van der Waals surface area contributed by atoms with Gasteiger partial charge in [-0.05, 0) is 36.5 Å². The number of benzene rings is 1. The molecule has 1 aromatic heterocycles. The topological polar surface area (TPSA) is 91.4 Å². The van der Waals surface area contributed by atoms with E-state index in [-0.39, 0.29) is 29.6 Å². The Kier molecular flexibility index (Phi) is 8.22. The van der Waals surface area contributed by atoms with Crippen molar-refractivity contribution in [2.24, 2.45) is 11.8 Å². The highest BCUT2D eigenvalue weighted by Crippen LogP contribution is 2.23. The van der Waals surface area contributed by atoms with Crippen molar-refractivity contribution in [2.75, 3.05) is 18.4 Å². The van der Waals surface area contributed by atoms with Crippen molar-refractivity contribution in [1.29, 1.82) is 0 Å². The molecular weight excluding hydrogens is 428 g/mol. The van der Waals surface area contributed by atoms with E-state index in [1.807, 2.05) is 44.2 Å². The van der Waals surface area contributed by atoms with Gasteiger partial charge in [-0.3, -0.25) is 14.4 Å². The van der Waals surface area contributed by atoms with Crippen LogP contribution < -0.4 is 10.6 Å². The van der Waals surface area contributed by atoms with Crippen LogP contribution in [0.2, 0.25) is 5.02 Å². The summed E-state index contributed by atoms with van der Waals surface area (Å²) >= 11 is 5.83. The number of anilines is 1. The molecule has 1 fully saturated rings. The SMILES string of the molecule is CC(C)CC(=O)NC(C(=O)N1CCC(C(=O)Nc2ccc(Cl)cn2)CC1)c1ccccc1. The molecule has 2 N–H and O–H groups in total. The second kappa shape index (κ2) is 11.1. The predicted molar refractivity (Wildman–Crippen MR) is 124 cm³/mol. The first-order valence-corrected chi connectivity index (χ1v) is 11.3. The molecule has 0 bridgehead atoms. The molecule has 0 spiro atoms. The largest absolute Gasteiger partial charge is 0.341 e. The Morgan fingerprint density at radius 3 is 2.38 bits per heavy atom. The Labute approximate surface area is 193 Å². The lowest BCUT2D eigenvalue weighted by Gasteiger charge is -2.34. The number of hydrogen-bond acceptors (Lipinski definition) is 4. The Hall–Kier alpha value is -2.93. The number of carbonyl (C=O) groups is 3. The standard InChI is InChI=1S/C24H29ClN4O3/c1-16(2)14-21(30)28-22(17-6-4-3-5-7-17)24(32)29-12-10-18(11-13-29)23(31)27-20-9-8-19(25)15-26-20/h3-9,15-16,18,22H,10-14H2,1-2H3,(H,28,30)(H,26,27,31). The third kappa shape index (κ3) is 6.53. The van der Waals surface area contributed by atoms with Gasteiger partial charge < -0.3 is 15.5 Å². The number of hydrogen-bond donors (Lipinski definition) is 2. The molecule has 1 atom stereocenters. The molecular formula is C24H29ClN4O3. The number of likely N-dealkylation sites (tertiary alicyclic amines) is 1. The van der Waals surface area contributed by atoms with Crippen LogP contribution in [-0.2, 0) is 14.4 Å². The van der Waals surface area contributed by atoms with Gasteiger partial charge in [-0.25, -0.2) is 4.98 Å². The zero-order valence-corrected chi connectivity index (χ0v) is 19.1. The maximum Gasteiger partial charge on any atom is 0.249 e. The molecule has 0 aliphatic carbocycles. The number of piperidine rings is 1. The first kappa shape index (κ1) is 23.7. The van der Waals surface area contributed by atoms with Crippen molar-refractivity contribution in [1.82, 2.24) is 15.2 Å². The average molecular weight is 457 g/mol. The van der Waals surface area contributed by atoms with Gasteiger partial charge >= 0.3 is 0 Å². The molecule has 0 radical (unpaired) electrons. The average Bonchev–Trinajstić information content (AvgIpc) is 2.79. The van der Waals surface area contributed by atoms with E-state index in [0.29, 0.717) is 43.2 Å². The van der Waals surface area contributed by atoms with E-state index in [9.17, 15) is 14.4 Å². The van der Waals surface area contributed by atoms with Crippen LogP contribution in [0, 0.1) is 11.8 Å². The lowest BCUT2D eigenvalue weighted by Crippen LogP contribution is -2.47. The van der Waals surface area contributed by atoms with E-state index in [1.165, 1.54) is 6.20 Å². The maximum atomic E-state index is 13.3. The third-order valence-corrected chi connectivity index (χ3v) is 5.66. The molecule has 1 aromatic carbocycles. The zero-order chi connectivity index (χ0) is 23.1. The first-order chi connectivity index (χ1) is 15.3. The second-order valence-electron chi connectivity index (χ2n) is 8.46. The molecule has 1 aliphatic rings. The molecule has 170 valence electrons. The minimum Gasteiger partial charge on any atom is -0.341 e. The fourth-order valence-corrected chi connectivity index (χ4v) is 3.86. The van der Waals surface area contributed by atoms with Crippen LogP contribution in [0.15, 0.2) is 48.7 Å². The Morgan fingerprint density at radius 2 is 1.78 bits per heavy atom. The fraction of sp³-hybridized carbons (Fsp3) is 0.417. The number of nitrogens with zero attached hydrogens (tertiary/aromatic N) is 2. The van der Waals surface area contributed by atoms with E-state index in [4.69, 9.17) is 11.6 Å². The van der Waals surface area contributed by atoms with Crippen molar-refractivity contribution < 1.29 is 14.4 Å². The van der Waals surface area contributed by atoms with E-state index in [1.54, 1.807) is 17.0 Å². The summed E-state index contributed by atoms with van der Waals surface area (Å²) in [6.45, 7) is 4.84. The molecule has 0 saturated carbocycles. The van der Waals surface area contributed by atoms with Crippen molar-refractivity contribution in [3.8, 4) is 0 Å². The summed E-state index contributed by atoms with van der Waals surface area (Å²) in [7, 11) is 0. The quantitative estimate of drug-likeness (QED) is 0.662. The molecule has 1 aliphatic heterocycles. The first-order valence-electron chi connectivity index (χ1n) is 10.9. The number of rotatable bonds is 7. The highest BCUT2D eigenvalue weighted by molar-refractivity contribution is 6.30. The smallest absolute Gasteiger partial charge is 0.249 e. The summed E-state index contributed by atoms with van der Waals surface area (Å²) in [5.41, 5.74) is 0.753. The summed E-state index contributed by atoms with van der Waals surface area (Å²) in [6.07, 6.45) is 2.94. The minimum absolute atomic E-state index is 0.114. The highest BCUT2D eigenvalue weighted by atomic mass is 35.5. The zero-order valence-electron chi connectivity index (χ0n) is 18.4. The van der Waals surface area contributed by atoms with Gasteiger partial charge in [0.05, 0.1) is 5.02 Å². The van der Waals surface area contributed by atoms with Gasteiger partial charge in [-0.1, -0.05) is 55.8 Å². The second-order valence-corrected chi connectivity index (χ2v) is 8.90. The predicted octanol–water partition coefficient (Wildman–Crippen LogP) is 3.82. The maximum absolute atomic E-state index is 13.3. The van der Waals surface area contributed by atoms with Gasteiger partial charge in [0.15, 0.2) is 0 Å². The van der Waals surface area contributed by atoms with Crippen LogP contribution in [0.1, 0.15) is 44.7 Å². The molecule has 3 amide bonds. The molecule has 2 aromatic rings. The monoisotopic (exact) mass is 456 g/mol. The van der Waals surface area contributed by atoms with E-state index < -0.39 is 6.04 Å². The van der Waals surface area contributed by atoms with Crippen molar-refractivity contribution in [2.45, 2.75) is 39.2 Å². The van der Waals surface area contributed by atoms with Crippen LogP contribution in [0.5, 0.6) is 0 Å².